The van der Waals surface area contributed by atoms with Gasteiger partial charge in [0.1, 0.15) is 5.60 Å². The summed E-state index contributed by atoms with van der Waals surface area (Å²) in [6.45, 7) is 1.98. The van der Waals surface area contributed by atoms with E-state index in [1.54, 1.807) is 18.3 Å². The van der Waals surface area contributed by atoms with Gasteiger partial charge in [0.15, 0.2) is 0 Å². The van der Waals surface area contributed by atoms with Gasteiger partial charge in [-0.3, -0.25) is 4.79 Å². The minimum atomic E-state index is -1.06. The van der Waals surface area contributed by atoms with Gasteiger partial charge in [-0.25, -0.2) is 0 Å². The number of rotatable bonds is 7. The number of hydrogen-bond acceptors (Lipinski definition) is 3. The van der Waals surface area contributed by atoms with Gasteiger partial charge in [-0.2, -0.15) is 0 Å². The zero-order valence-corrected chi connectivity index (χ0v) is 15.2. The van der Waals surface area contributed by atoms with Gasteiger partial charge in [0, 0.05) is 16.0 Å². The van der Waals surface area contributed by atoms with Gasteiger partial charge in [-0.05, 0) is 42.8 Å². The first-order chi connectivity index (χ1) is 12.0. The summed E-state index contributed by atoms with van der Waals surface area (Å²) in [5.41, 5.74) is 0.186. The Hall–Kier alpha value is -2.17. The second-order valence-electron chi connectivity index (χ2n) is 6.54. The highest BCUT2D eigenvalue weighted by atomic mass is 32.1. The van der Waals surface area contributed by atoms with E-state index < -0.39 is 5.60 Å². The molecule has 2 N–H and O–H groups in total. The number of fused-ring (bicyclic) bond motifs is 1. The van der Waals surface area contributed by atoms with Crippen LogP contribution in [0.3, 0.4) is 0 Å². The van der Waals surface area contributed by atoms with E-state index in [9.17, 15) is 9.90 Å². The summed E-state index contributed by atoms with van der Waals surface area (Å²) >= 11 is 1.57. The highest BCUT2D eigenvalue weighted by molar-refractivity contribution is 7.19. The van der Waals surface area contributed by atoms with Gasteiger partial charge >= 0.3 is 0 Å². The van der Waals surface area contributed by atoms with Crippen LogP contribution in [0, 0.1) is 0 Å². The smallest absolute Gasteiger partial charge is 0.220 e. The molecule has 0 saturated carbocycles. The Balaban J connectivity index is 1.50. The summed E-state index contributed by atoms with van der Waals surface area (Å²) in [5, 5.41) is 14.7. The van der Waals surface area contributed by atoms with E-state index in [0.29, 0.717) is 6.42 Å². The van der Waals surface area contributed by atoms with E-state index in [4.69, 9.17) is 0 Å². The molecule has 0 aliphatic carbocycles. The first kappa shape index (κ1) is 17.6. The molecular formula is C21H23NO2S. The number of benzene rings is 2. The molecule has 0 saturated heterocycles. The molecule has 0 bridgehead atoms. The molecule has 0 radical (unpaired) electrons. The van der Waals surface area contributed by atoms with Crippen molar-refractivity contribution < 1.29 is 9.90 Å². The van der Waals surface area contributed by atoms with Crippen LogP contribution in [0.2, 0.25) is 0 Å². The molecule has 0 spiro atoms. The third-order valence-corrected chi connectivity index (χ3v) is 5.67. The SMILES string of the molecule is CC(O)(CNC(=O)CCCc1ccccc1)c1cc2ccccc2s1. The van der Waals surface area contributed by atoms with Gasteiger partial charge in [-0.15, -0.1) is 11.3 Å². The molecule has 0 aliphatic rings. The van der Waals surface area contributed by atoms with E-state index in [1.165, 1.54) is 5.56 Å². The van der Waals surface area contributed by atoms with Crippen molar-refractivity contribution in [1.29, 1.82) is 0 Å². The molecule has 1 aromatic heterocycles. The van der Waals surface area contributed by atoms with Crippen molar-refractivity contribution in [3.8, 4) is 0 Å². The van der Waals surface area contributed by atoms with Crippen molar-refractivity contribution in [2.24, 2.45) is 0 Å². The van der Waals surface area contributed by atoms with Crippen LogP contribution in [0.25, 0.3) is 10.1 Å². The minimum Gasteiger partial charge on any atom is -0.383 e. The van der Waals surface area contributed by atoms with Gasteiger partial charge in [0.05, 0.1) is 6.54 Å². The van der Waals surface area contributed by atoms with Crippen LogP contribution in [-0.4, -0.2) is 17.6 Å². The van der Waals surface area contributed by atoms with Crippen LogP contribution in [-0.2, 0) is 16.8 Å². The fourth-order valence-electron chi connectivity index (χ4n) is 2.79. The van der Waals surface area contributed by atoms with E-state index in [2.05, 4.69) is 17.4 Å². The molecule has 3 aromatic rings. The van der Waals surface area contributed by atoms with Crippen molar-refractivity contribution in [2.45, 2.75) is 31.8 Å². The topological polar surface area (TPSA) is 49.3 Å². The van der Waals surface area contributed by atoms with Crippen LogP contribution in [0.15, 0.2) is 60.7 Å². The van der Waals surface area contributed by atoms with Crippen LogP contribution in [0.4, 0.5) is 0 Å². The molecule has 0 fully saturated rings. The number of hydrogen-bond donors (Lipinski definition) is 2. The molecule has 130 valence electrons. The lowest BCUT2D eigenvalue weighted by atomic mass is 10.0. The second kappa shape index (κ2) is 7.81. The predicted octanol–water partition coefficient (Wildman–Crippen LogP) is 4.25. The fourth-order valence-corrected chi connectivity index (χ4v) is 3.90. The molecule has 1 unspecified atom stereocenters. The maximum atomic E-state index is 12.1. The summed E-state index contributed by atoms with van der Waals surface area (Å²) in [6.07, 6.45) is 2.17. The first-order valence-electron chi connectivity index (χ1n) is 8.57. The molecule has 1 atom stereocenters. The number of thiophene rings is 1. The predicted molar refractivity (Wildman–Crippen MR) is 104 cm³/mol. The summed E-state index contributed by atoms with van der Waals surface area (Å²) in [4.78, 5) is 12.9. The lowest BCUT2D eigenvalue weighted by Gasteiger charge is -2.22. The van der Waals surface area contributed by atoms with Gasteiger partial charge < -0.3 is 10.4 Å². The maximum absolute atomic E-state index is 12.1. The third kappa shape index (κ3) is 4.68. The Morgan fingerprint density at radius 2 is 1.84 bits per heavy atom. The number of nitrogens with one attached hydrogen (secondary N) is 1. The van der Waals surface area contributed by atoms with E-state index >= 15 is 0 Å². The lowest BCUT2D eigenvalue weighted by molar-refractivity contribution is -0.122. The minimum absolute atomic E-state index is 0.0164. The highest BCUT2D eigenvalue weighted by Crippen LogP contribution is 2.32. The van der Waals surface area contributed by atoms with Crippen molar-refractivity contribution in [2.75, 3.05) is 6.54 Å². The molecule has 4 heteroatoms. The highest BCUT2D eigenvalue weighted by Gasteiger charge is 2.26. The van der Waals surface area contributed by atoms with Crippen molar-refractivity contribution in [1.82, 2.24) is 5.32 Å². The first-order valence-corrected chi connectivity index (χ1v) is 9.38. The Morgan fingerprint density at radius 1 is 1.12 bits per heavy atom. The van der Waals surface area contributed by atoms with Crippen LogP contribution >= 0.6 is 11.3 Å². The zero-order chi connectivity index (χ0) is 17.7. The monoisotopic (exact) mass is 353 g/mol. The van der Waals surface area contributed by atoms with Crippen LogP contribution in [0.5, 0.6) is 0 Å². The number of aliphatic hydroxyl groups is 1. The Kier molecular flexibility index (Phi) is 5.51. The maximum Gasteiger partial charge on any atom is 0.220 e. The van der Waals surface area contributed by atoms with Gasteiger partial charge in [0.25, 0.3) is 0 Å². The normalized spacial score (nSPS) is 13.5. The van der Waals surface area contributed by atoms with Gasteiger partial charge in [-0.1, -0.05) is 48.5 Å². The largest absolute Gasteiger partial charge is 0.383 e. The third-order valence-electron chi connectivity index (χ3n) is 4.30. The Labute approximate surface area is 152 Å². The molecule has 25 heavy (non-hydrogen) atoms. The molecule has 0 aliphatic heterocycles. The summed E-state index contributed by atoms with van der Waals surface area (Å²) in [6, 6.07) is 20.2. The fraction of sp³-hybridized carbons (Fsp3) is 0.286. The number of carbonyl (C=O) groups excluding carboxylic acids is 1. The average Bonchev–Trinajstić information content (AvgIpc) is 3.06. The van der Waals surface area contributed by atoms with E-state index in [-0.39, 0.29) is 12.5 Å². The number of amides is 1. The summed E-state index contributed by atoms with van der Waals surface area (Å²) in [5.74, 6) is -0.0164. The van der Waals surface area contributed by atoms with Crippen LogP contribution < -0.4 is 5.32 Å². The van der Waals surface area contributed by atoms with E-state index in [1.807, 2.05) is 48.5 Å². The zero-order valence-electron chi connectivity index (χ0n) is 14.4. The molecular weight excluding hydrogens is 330 g/mol. The van der Waals surface area contributed by atoms with Crippen molar-refractivity contribution >= 4 is 27.3 Å². The molecule has 1 amide bonds. The van der Waals surface area contributed by atoms with Gasteiger partial charge in [0.2, 0.25) is 5.91 Å². The van der Waals surface area contributed by atoms with Crippen molar-refractivity contribution in [3.05, 3.63) is 71.1 Å². The Morgan fingerprint density at radius 3 is 2.60 bits per heavy atom. The quantitative estimate of drug-likeness (QED) is 0.667. The lowest BCUT2D eigenvalue weighted by Crippen LogP contribution is -2.38. The standard InChI is InChI=1S/C21H23NO2S/c1-21(24,19-14-17-11-5-6-12-18(17)25-19)15-22-20(23)13-7-10-16-8-3-2-4-9-16/h2-6,8-9,11-12,14,24H,7,10,13,15H2,1H3,(H,22,23). The average molecular weight is 353 g/mol. The van der Waals surface area contributed by atoms with Crippen molar-refractivity contribution in [3.63, 3.8) is 0 Å². The molecule has 3 nitrogen and oxygen atoms in total. The van der Waals surface area contributed by atoms with E-state index in [0.717, 1.165) is 27.8 Å². The van der Waals surface area contributed by atoms with Crippen LogP contribution in [0.1, 0.15) is 30.2 Å². The molecule has 2 aromatic carbocycles. The summed E-state index contributed by atoms with van der Waals surface area (Å²) < 4.78 is 1.15. The number of carbonyl (C=O) groups is 1. The molecule has 3 rings (SSSR count). The summed E-state index contributed by atoms with van der Waals surface area (Å²) in [7, 11) is 0. The Bertz CT molecular complexity index is 806. The number of aryl methyl sites for hydroxylation is 1. The second-order valence-corrected chi connectivity index (χ2v) is 7.62. The molecule has 1 heterocycles.